The van der Waals surface area contributed by atoms with E-state index in [0.717, 1.165) is 24.0 Å². The van der Waals surface area contributed by atoms with Crippen molar-refractivity contribution in [3.63, 3.8) is 0 Å². The summed E-state index contributed by atoms with van der Waals surface area (Å²) in [5, 5.41) is 2.04. The van der Waals surface area contributed by atoms with Crippen LogP contribution in [0.3, 0.4) is 0 Å². The molecule has 5 heteroatoms. The maximum absolute atomic E-state index is 12.5. The summed E-state index contributed by atoms with van der Waals surface area (Å²) in [5.41, 5.74) is 0. The number of thiophene rings is 1. The van der Waals surface area contributed by atoms with Gasteiger partial charge in [0.05, 0.1) is 0 Å². The number of amides is 1. The van der Waals surface area contributed by atoms with E-state index in [-0.39, 0.29) is 5.91 Å². The van der Waals surface area contributed by atoms with Crippen LogP contribution in [0.2, 0.25) is 0 Å². The summed E-state index contributed by atoms with van der Waals surface area (Å²) in [7, 11) is 2.23. The number of likely N-dealkylation sites (tertiary alicyclic amines) is 2. The first-order valence-electron chi connectivity index (χ1n) is 10.1. The Morgan fingerprint density at radius 1 is 1.23 bits per heavy atom. The highest BCUT2D eigenvalue weighted by atomic mass is 32.1. The van der Waals surface area contributed by atoms with Crippen LogP contribution in [0.5, 0.6) is 0 Å². The average molecular weight is 376 g/mol. The quantitative estimate of drug-likeness (QED) is 0.713. The SMILES string of the molecule is CCN(CC1CCN(C2CCN(C)CC2)CC1)C(=O)C=Cc1cccs1. The van der Waals surface area contributed by atoms with E-state index < -0.39 is 0 Å². The Balaban J connectivity index is 1.44. The Hall–Kier alpha value is -1.17. The molecule has 1 amide bonds. The van der Waals surface area contributed by atoms with E-state index in [1.54, 1.807) is 17.4 Å². The summed E-state index contributed by atoms with van der Waals surface area (Å²) in [5.74, 6) is 0.801. The predicted octanol–water partition coefficient (Wildman–Crippen LogP) is 3.42. The Morgan fingerprint density at radius 2 is 1.96 bits per heavy atom. The van der Waals surface area contributed by atoms with Crippen LogP contribution in [0, 0.1) is 5.92 Å². The van der Waals surface area contributed by atoms with Gasteiger partial charge in [-0.15, -0.1) is 11.3 Å². The number of carbonyl (C=O) groups excluding carboxylic acids is 1. The molecule has 0 radical (unpaired) electrons. The summed E-state index contributed by atoms with van der Waals surface area (Å²) in [6, 6.07) is 4.85. The van der Waals surface area contributed by atoms with Crippen molar-refractivity contribution in [3.8, 4) is 0 Å². The fourth-order valence-electron chi connectivity index (χ4n) is 4.19. The largest absolute Gasteiger partial charge is 0.339 e. The Morgan fingerprint density at radius 3 is 2.58 bits per heavy atom. The van der Waals surface area contributed by atoms with Gasteiger partial charge in [0, 0.05) is 30.1 Å². The lowest BCUT2D eigenvalue weighted by molar-refractivity contribution is -0.126. The van der Waals surface area contributed by atoms with E-state index >= 15 is 0 Å². The zero-order chi connectivity index (χ0) is 18.4. The first-order valence-corrected chi connectivity index (χ1v) is 11.0. The van der Waals surface area contributed by atoms with E-state index in [9.17, 15) is 4.79 Å². The zero-order valence-electron chi connectivity index (χ0n) is 16.3. The van der Waals surface area contributed by atoms with E-state index in [2.05, 4.69) is 23.8 Å². The molecule has 0 aliphatic carbocycles. The minimum absolute atomic E-state index is 0.152. The van der Waals surface area contributed by atoms with Gasteiger partial charge < -0.3 is 14.7 Å². The molecule has 0 unspecified atom stereocenters. The summed E-state index contributed by atoms with van der Waals surface area (Å²) in [4.78, 5) is 20.8. The molecule has 26 heavy (non-hydrogen) atoms. The lowest BCUT2D eigenvalue weighted by Crippen LogP contribution is -2.48. The van der Waals surface area contributed by atoms with Crippen LogP contribution in [-0.2, 0) is 4.79 Å². The summed E-state index contributed by atoms with van der Waals surface area (Å²) in [6.07, 6.45) is 8.76. The van der Waals surface area contributed by atoms with Gasteiger partial charge in [0.2, 0.25) is 5.91 Å². The highest BCUT2D eigenvalue weighted by Crippen LogP contribution is 2.24. The molecule has 0 spiro atoms. The molecule has 3 heterocycles. The second-order valence-corrected chi connectivity index (χ2v) is 8.72. The number of carbonyl (C=O) groups is 1. The maximum atomic E-state index is 12.5. The normalized spacial score (nSPS) is 21.5. The molecule has 144 valence electrons. The van der Waals surface area contributed by atoms with Crippen molar-refractivity contribution in [2.75, 3.05) is 46.3 Å². The molecule has 2 aliphatic heterocycles. The van der Waals surface area contributed by atoms with Gasteiger partial charge in [-0.2, -0.15) is 0 Å². The van der Waals surface area contributed by atoms with Gasteiger partial charge in [-0.05, 0) is 89.3 Å². The lowest BCUT2D eigenvalue weighted by atomic mass is 9.93. The van der Waals surface area contributed by atoms with Gasteiger partial charge in [-0.25, -0.2) is 0 Å². The second-order valence-electron chi connectivity index (χ2n) is 7.74. The number of hydrogen-bond acceptors (Lipinski definition) is 4. The van der Waals surface area contributed by atoms with Gasteiger partial charge in [-0.3, -0.25) is 4.79 Å². The standard InChI is InChI=1S/C21H33N3OS/c1-3-23(21(25)7-6-20-5-4-16-26-20)17-18-8-14-24(15-9-18)19-10-12-22(2)13-11-19/h4-7,16,18-19H,3,8-15,17H2,1-2H3. The van der Waals surface area contributed by atoms with E-state index in [4.69, 9.17) is 0 Å². The monoisotopic (exact) mass is 375 g/mol. The van der Waals surface area contributed by atoms with Gasteiger partial charge in [-0.1, -0.05) is 6.07 Å². The smallest absolute Gasteiger partial charge is 0.246 e. The van der Waals surface area contributed by atoms with E-state index in [1.807, 2.05) is 28.5 Å². The predicted molar refractivity (Wildman–Crippen MR) is 110 cm³/mol. The highest BCUT2D eigenvalue weighted by Gasteiger charge is 2.28. The number of hydrogen-bond donors (Lipinski definition) is 0. The van der Waals surface area contributed by atoms with Gasteiger partial charge in [0.25, 0.3) is 0 Å². The average Bonchev–Trinajstić information content (AvgIpc) is 3.19. The molecule has 1 aromatic rings. The van der Waals surface area contributed by atoms with Crippen molar-refractivity contribution in [3.05, 3.63) is 28.5 Å². The molecule has 4 nitrogen and oxygen atoms in total. The Kier molecular flexibility index (Phi) is 7.29. The second kappa shape index (κ2) is 9.67. The van der Waals surface area contributed by atoms with E-state index in [0.29, 0.717) is 5.92 Å². The molecule has 2 saturated heterocycles. The minimum Gasteiger partial charge on any atom is -0.339 e. The molecule has 0 saturated carbocycles. The maximum Gasteiger partial charge on any atom is 0.246 e. The van der Waals surface area contributed by atoms with Crippen molar-refractivity contribution in [1.29, 1.82) is 0 Å². The topological polar surface area (TPSA) is 26.8 Å². The first-order chi connectivity index (χ1) is 12.7. The van der Waals surface area contributed by atoms with Crippen LogP contribution in [0.25, 0.3) is 6.08 Å². The molecule has 0 aromatic carbocycles. The molecule has 1 aromatic heterocycles. The third-order valence-electron chi connectivity index (χ3n) is 5.96. The van der Waals surface area contributed by atoms with Crippen LogP contribution in [0.15, 0.2) is 23.6 Å². The molecule has 0 N–H and O–H groups in total. The molecule has 0 bridgehead atoms. The molecule has 2 fully saturated rings. The molecular weight excluding hydrogens is 342 g/mol. The summed E-state index contributed by atoms with van der Waals surface area (Å²) in [6.45, 7) is 8.67. The number of nitrogens with zero attached hydrogens (tertiary/aromatic N) is 3. The van der Waals surface area contributed by atoms with Crippen LogP contribution in [0.4, 0.5) is 0 Å². The number of likely N-dealkylation sites (N-methyl/N-ethyl adjacent to an activating group) is 1. The molecule has 0 atom stereocenters. The highest BCUT2D eigenvalue weighted by molar-refractivity contribution is 7.10. The first kappa shape index (κ1) is 19.6. The molecule has 2 aliphatic rings. The van der Waals surface area contributed by atoms with Crippen molar-refractivity contribution >= 4 is 23.3 Å². The van der Waals surface area contributed by atoms with Crippen molar-refractivity contribution in [2.24, 2.45) is 5.92 Å². The van der Waals surface area contributed by atoms with Crippen LogP contribution < -0.4 is 0 Å². The van der Waals surface area contributed by atoms with Crippen LogP contribution in [0.1, 0.15) is 37.5 Å². The molecule has 3 rings (SSSR count). The van der Waals surface area contributed by atoms with Crippen molar-refractivity contribution < 1.29 is 4.79 Å². The summed E-state index contributed by atoms with van der Waals surface area (Å²) < 4.78 is 0. The fourth-order valence-corrected chi connectivity index (χ4v) is 4.81. The molecular formula is C21H33N3OS. The lowest BCUT2D eigenvalue weighted by Gasteiger charge is -2.41. The minimum atomic E-state index is 0.152. The van der Waals surface area contributed by atoms with Gasteiger partial charge in [0.1, 0.15) is 0 Å². The fraction of sp³-hybridized carbons (Fsp3) is 0.667. The van der Waals surface area contributed by atoms with E-state index in [1.165, 1.54) is 51.9 Å². The third kappa shape index (κ3) is 5.41. The van der Waals surface area contributed by atoms with Crippen molar-refractivity contribution in [1.82, 2.24) is 14.7 Å². The van der Waals surface area contributed by atoms with Crippen LogP contribution >= 0.6 is 11.3 Å². The Labute approximate surface area is 162 Å². The van der Waals surface area contributed by atoms with Crippen LogP contribution in [-0.4, -0.2) is 73.0 Å². The van der Waals surface area contributed by atoms with Gasteiger partial charge >= 0.3 is 0 Å². The van der Waals surface area contributed by atoms with Crippen molar-refractivity contribution in [2.45, 2.75) is 38.6 Å². The number of piperidine rings is 2. The third-order valence-corrected chi connectivity index (χ3v) is 6.80. The van der Waals surface area contributed by atoms with Gasteiger partial charge in [0.15, 0.2) is 0 Å². The Bertz CT molecular complexity index is 570. The number of rotatable bonds is 6. The zero-order valence-corrected chi connectivity index (χ0v) is 17.1. The summed E-state index contributed by atoms with van der Waals surface area (Å²) >= 11 is 1.67.